The van der Waals surface area contributed by atoms with Gasteiger partial charge in [-0.2, -0.15) is 0 Å². The van der Waals surface area contributed by atoms with Crippen LogP contribution < -0.4 is 16.0 Å². The molecular formula is C15H23N3O. The molecule has 3 N–H and O–H groups in total. The van der Waals surface area contributed by atoms with Gasteiger partial charge in [-0.15, -0.1) is 0 Å². The van der Waals surface area contributed by atoms with E-state index in [0.717, 1.165) is 25.2 Å². The first-order valence-electron chi connectivity index (χ1n) is 7.02. The van der Waals surface area contributed by atoms with E-state index in [1.807, 2.05) is 30.3 Å². The average molecular weight is 261 g/mol. The van der Waals surface area contributed by atoms with Crippen LogP contribution in [0.5, 0.6) is 0 Å². The Kier molecular flexibility index (Phi) is 5.21. The van der Waals surface area contributed by atoms with Crippen LogP contribution in [0.25, 0.3) is 0 Å². The lowest BCUT2D eigenvalue weighted by atomic mass is 9.88. The Labute approximate surface area is 115 Å². The lowest BCUT2D eigenvalue weighted by molar-refractivity contribution is 0.228. The zero-order chi connectivity index (χ0) is 13.5. The van der Waals surface area contributed by atoms with Crippen LogP contribution in [-0.2, 0) is 6.54 Å². The van der Waals surface area contributed by atoms with Crippen molar-refractivity contribution in [2.24, 2.45) is 11.8 Å². The van der Waals surface area contributed by atoms with Crippen molar-refractivity contribution < 1.29 is 4.79 Å². The second-order valence-corrected chi connectivity index (χ2v) is 5.28. The van der Waals surface area contributed by atoms with Crippen LogP contribution in [0.2, 0.25) is 0 Å². The van der Waals surface area contributed by atoms with E-state index >= 15 is 0 Å². The Hall–Kier alpha value is -1.55. The summed E-state index contributed by atoms with van der Waals surface area (Å²) in [6, 6.07) is 9.86. The second kappa shape index (κ2) is 7.14. The van der Waals surface area contributed by atoms with E-state index in [2.05, 4.69) is 22.9 Å². The highest BCUT2D eigenvalue weighted by Gasteiger charge is 2.21. The Morgan fingerprint density at radius 2 is 2.11 bits per heavy atom. The highest BCUT2D eigenvalue weighted by molar-refractivity contribution is 5.73. The van der Waals surface area contributed by atoms with Crippen LogP contribution in [0, 0.1) is 11.8 Å². The Bertz CT molecular complexity index is 394. The number of urea groups is 1. The molecule has 1 aliphatic rings. The predicted molar refractivity (Wildman–Crippen MR) is 76.8 cm³/mol. The van der Waals surface area contributed by atoms with Crippen LogP contribution in [0.15, 0.2) is 30.3 Å². The molecule has 0 radical (unpaired) electrons. The molecule has 0 spiro atoms. The topological polar surface area (TPSA) is 53.2 Å². The summed E-state index contributed by atoms with van der Waals surface area (Å²) in [4.78, 5) is 11.7. The van der Waals surface area contributed by atoms with E-state index in [4.69, 9.17) is 0 Å². The molecule has 2 rings (SSSR count). The van der Waals surface area contributed by atoms with Crippen molar-refractivity contribution in [2.45, 2.75) is 19.9 Å². The molecule has 2 amide bonds. The second-order valence-electron chi connectivity index (χ2n) is 5.28. The van der Waals surface area contributed by atoms with Crippen molar-refractivity contribution in [2.75, 3.05) is 19.6 Å². The van der Waals surface area contributed by atoms with Gasteiger partial charge >= 0.3 is 6.03 Å². The van der Waals surface area contributed by atoms with Crippen molar-refractivity contribution >= 4 is 6.03 Å². The fourth-order valence-electron chi connectivity index (χ4n) is 2.39. The summed E-state index contributed by atoms with van der Waals surface area (Å²) in [5.41, 5.74) is 1.12. The summed E-state index contributed by atoms with van der Waals surface area (Å²) >= 11 is 0. The molecule has 1 fully saturated rings. The van der Waals surface area contributed by atoms with Gasteiger partial charge in [0.1, 0.15) is 0 Å². The minimum atomic E-state index is -0.0818. The van der Waals surface area contributed by atoms with Gasteiger partial charge in [0, 0.05) is 13.1 Å². The van der Waals surface area contributed by atoms with Crippen LogP contribution >= 0.6 is 0 Å². The predicted octanol–water partition coefficient (Wildman–Crippen LogP) is 1.73. The molecule has 104 valence electrons. The van der Waals surface area contributed by atoms with E-state index in [0.29, 0.717) is 18.4 Å². The summed E-state index contributed by atoms with van der Waals surface area (Å²) < 4.78 is 0. The monoisotopic (exact) mass is 261 g/mol. The van der Waals surface area contributed by atoms with Crippen molar-refractivity contribution in [3.05, 3.63) is 35.9 Å². The molecular weight excluding hydrogens is 238 g/mol. The summed E-state index contributed by atoms with van der Waals surface area (Å²) in [7, 11) is 0. The lowest BCUT2D eigenvalue weighted by Crippen LogP contribution is -2.44. The van der Waals surface area contributed by atoms with Gasteiger partial charge in [0.2, 0.25) is 0 Å². The maximum absolute atomic E-state index is 11.7. The summed E-state index contributed by atoms with van der Waals surface area (Å²) in [5.74, 6) is 1.21. The molecule has 0 saturated carbocycles. The summed E-state index contributed by atoms with van der Waals surface area (Å²) in [6.07, 6.45) is 1.19. The highest BCUT2D eigenvalue weighted by Crippen LogP contribution is 2.17. The molecule has 1 aromatic rings. The zero-order valence-electron chi connectivity index (χ0n) is 11.5. The molecule has 1 heterocycles. The zero-order valence-corrected chi connectivity index (χ0v) is 11.5. The highest BCUT2D eigenvalue weighted by atomic mass is 16.2. The number of carbonyl (C=O) groups is 1. The number of benzene rings is 1. The fourth-order valence-corrected chi connectivity index (χ4v) is 2.39. The largest absolute Gasteiger partial charge is 0.338 e. The third-order valence-electron chi connectivity index (χ3n) is 3.81. The molecule has 2 unspecified atom stereocenters. The van der Waals surface area contributed by atoms with Gasteiger partial charge in [-0.1, -0.05) is 37.3 Å². The molecule has 19 heavy (non-hydrogen) atoms. The van der Waals surface area contributed by atoms with Gasteiger partial charge in [-0.25, -0.2) is 4.79 Å². The molecule has 2 atom stereocenters. The maximum Gasteiger partial charge on any atom is 0.315 e. The maximum atomic E-state index is 11.7. The van der Waals surface area contributed by atoms with E-state index in [1.54, 1.807) is 0 Å². The van der Waals surface area contributed by atoms with Gasteiger partial charge in [-0.3, -0.25) is 0 Å². The molecule has 4 nitrogen and oxygen atoms in total. The van der Waals surface area contributed by atoms with Crippen molar-refractivity contribution in [3.8, 4) is 0 Å². The van der Waals surface area contributed by atoms with Gasteiger partial charge in [-0.05, 0) is 36.9 Å². The Morgan fingerprint density at radius 1 is 1.32 bits per heavy atom. The number of amides is 2. The van der Waals surface area contributed by atoms with E-state index in [9.17, 15) is 4.79 Å². The molecule has 1 saturated heterocycles. The molecule has 4 heteroatoms. The Morgan fingerprint density at radius 3 is 2.84 bits per heavy atom. The number of hydrogen-bond donors (Lipinski definition) is 3. The van der Waals surface area contributed by atoms with E-state index in [-0.39, 0.29) is 6.03 Å². The number of carbonyl (C=O) groups excluding carboxylic acids is 1. The molecule has 0 aliphatic carbocycles. The van der Waals surface area contributed by atoms with Crippen LogP contribution in [-0.4, -0.2) is 25.7 Å². The van der Waals surface area contributed by atoms with E-state index in [1.165, 1.54) is 6.42 Å². The van der Waals surface area contributed by atoms with Crippen LogP contribution in [0.3, 0.4) is 0 Å². The average Bonchev–Trinajstić information content (AvgIpc) is 2.45. The van der Waals surface area contributed by atoms with Gasteiger partial charge in [0.15, 0.2) is 0 Å². The van der Waals surface area contributed by atoms with Gasteiger partial charge < -0.3 is 16.0 Å². The third kappa shape index (κ3) is 4.56. The smallest absolute Gasteiger partial charge is 0.315 e. The minimum Gasteiger partial charge on any atom is -0.338 e. The lowest BCUT2D eigenvalue weighted by Gasteiger charge is -2.29. The molecule has 0 aromatic heterocycles. The van der Waals surface area contributed by atoms with Crippen molar-refractivity contribution in [3.63, 3.8) is 0 Å². The summed E-state index contributed by atoms with van der Waals surface area (Å²) in [6.45, 7) is 5.67. The number of rotatable bonds is 4. The first kappa shape index (κ1) is 13.9. The molecule has 0 bridgehead atoms. The normalized spacial score (nSPS) is 22.8. The summed E-state index contributed by atoms with van der Waals surface area (Å²) in [5, 5.41) is 9.22. The first-order chi connectivity index (χ1) is 9.25. The van der Waals surface area contributed by atoms with Crippen molar-refractivity contribution in [1.29, 1.82) is 0 Å². The minimum absolute atomic E-state index is 0.0818. The number of piperidine rings is 1. The van der Waals surface area contributed by atoms with Crippen LogP contribution in [0.4, 0.5) is 4.79 Å². The SMILES string of the molecule is CC1CCNCC1CNC(=O)NCc1ccccc1. The van der Waals surface area contributed by atoms with Gasteiger partial charge in [0.05, 0.1) is 0 Å². The van der Waals surface area contributed by atoms with Gasteiger partial charge in [0.25, 0.3) is 0 Å². The molecule has 1 aromatic carbocycles. The van der Waals surface area contributed by atoms with E-state index < -0.39 is 0 Å². The first-order valence-corrected chi connectivity index (χ1v) is 7.02. The Balaban J connectivity index is 1.67. The van der Waals surface area contributed by atoms with Crippen molar-refractivity contribution in [1.82, 2.24) is 16.0 Å². The quantitative estimate of drug-likeness (QED) is 0.773. The van der Waals surface area contributed by atoms with Crippen LogP contribution in [0.1, 0.15) is 18.9 Å². The fraction of sp³-hybridized carbons (Fsp3) is 0.533. The number of hydrogen-bond acceptors (Lipinski definition) is 2. The molecule has 1 aliphatic heterocycles. The number of nitrogens with one attached hydrogen (secondary N) is 3. The standard InChI is InChI=1S/C15H23N3O/c1-12-7-8-16-10-14(12)11-18-15(19)17-9-13-5-3-2-4-6-13/h2-6,12,14,16H,7-11H2,1H3,(H2,17,18,19). The third-order valence-corrected chi connectivity index (χ3v) is 3.81.